The number of benzene rings is 1. The number of carbonyl (C=O) groups is 2. The lowest BCUT2D eigenvalue weighted by molar-refractivity contribution is -0.137. The second kappa shape index (κ2) is 13.8. The van der Waals surface area contributed by atoms with Crippen molar-refractivity contribution >= 4 is 55.7 Å². The minimum Gasteiger partial charge on any atom is -0.477 e. The highest BCUT2D eigenvalue weighted by molar-refractivity contribution is 7.21. The molecule has 2 N–H and O–H groups in total. The maximum Gasteiger partial charge on any atom is 0.443 e. The molecule has 1 saturated heterocycles. The predicted molar refractivity (Wildman–Crippen MR) is 184 cm³/mol. The van der Waals surface area contributed by atoms with Crippen LogP contribution in [0.25, 0.3) is 42.9 Å². The first kappa shape index (κ1) is 33.6. The summed E-state index contributed by atoms with van der Waals surface area (Å²) in [6.07, 6.45) is 0.735. The van der Waals surface area contributed by atoms with Gasteiger partial charge in [0.05, 0.1) is 50.9 Å². The number of aromatic carboxylic acids is 1. The van der Waals surface area contributed by atoms with E-state index in [4.69, 9.17) is 9.72 Å². The number of alkyl halides is 3. The summed E-state index contributed by atoms with van der Waals surface area (Å²) in [6, 6.07) is 11.0. The number of thiazole rings is 1. The van der Waals surface area contributed by atoms with Gasteiger partial charge in [0, 0.05) is 31.6 Å². The number of aromatic nitrogens is 3. The Hall–Kier alpha value is -3.85. The molecular weight excluding hydrogens is 676 g/mol. The Morgan fingerprint density at radius 3 is 2.53 bits per heavy atom. The van der Waals surface area contributed by atoms with Crippen molar-refractivity contribution in [3.63, 3.8) is 0 Å². The van der Waals surface area contributed by atoms with Crippen LogP contribution in [0.3, 0.4) is 0 Å². The number of nitrogens with zero attached hydrogens (tertiary/aromatic N) is 4. The molecule has 1 aliphatic carbocycles. The summed E-state index contributed by atoms with van der Waals surface area (Å²) in [7, 11) is 0. The summed E-state index contributed by atoms with van der Waals surface area (Å²) in [5.74, 6) is -0.939. The van der Waals surface area contributed by atoms with E-state index in [-0.39, 0.29) is 28.9 Å². The number of rotatable bonds is 9. The highest BCUT2D eigenvalue weighted by atomic mass is 32.1. The van der Waals surface area contributed by atoms with Gasteiger partial charge in [-0.25, -0.2) is 14.8 Å². The minimum absolute atomic E-state index is 0.0267. The zero-order valence-electron chi connectivity index (χ0n) is 26.9. The van der Waals surface area contributed by atoms with Crippen LogP contribution in [-0.4, -0.2) is 75.8 Å². The van der Waals surface area contributed by atoms with E-state index in [9.17, 15) is 27.9 Å². The summed E-state index contributed by atoms with van der Waals surface area (Å²) in [5, 5.41) is 12.9. The Morgan fingerprint density at radius 2 is 1.82 bits per heavy atom. The van der Waals surface area contributed by atoms with Crippen LogP contribution < -0.4 is 5.32 Å². The Balaban J connectivity index is 1.28. The van der Waals surface area contributed by atoms with Gasteiger partial charge >= 0.3 is 12.1 Å². The van der Waals surface area contributed by atoms with Crippen LogP contribution in [-0.2, 0) is 22.3 Å². The third-order valence-corrected chi connectivity index (χ3v) is 11.8. The number of carboxylic acid groups (broad SMARTS) is 1. The Morgan fingerprint density at radius 1 is 1.04 bits per heavy atom. The number of hydrogen-bond acceptors (Lipinski definition) is 8. The largest absolute Gasteiger partial charge is 0.477 e. The molecular formula is C35H36F3N5O4S2. The van der Waals surface area contributed by atoms with Crippen molar-refractivity contribution in [2.45, 2.75) is 57.7 Å². The number of aryl methyl sites for hydroxylation is 1. The Kier molecular flexibility index (Phi) is 9.48. The van der Waals surface area contributed by atoms with Gasteiger partial charge in [0.1, 0.15) is 11.4 Å². The zero-order chi connectivity index (χ0) is 34.3. The third-order valence-electron chi connectivity index (χ3n) is 9.39. The first-order valence-electron chi connectivity index (χ1n) is 16.5. The fourth-order valence-electron chi connectivity index (χ4n) is 7.03. The number of nitrogens with one attached hydrogen (secondary N) is 1. The van der Waals surface area contributed by atoms with E-state index in [1.807, 2.05) is 28.8 Å². The summed E-state index contributed by atoms with van der Waals surface area (Å²) in [5.41, 5.74) is 4.90. The van der Waals surface area contributed by atoms with Crippen molar-refractivity contribution in [2.75, 3.05) is 39.4 Å². The molecule has 5 heterocycles. The number of pyridine rings is 1. The fourth-order valence-corrected chi connectivity index (χ4v) is 9.06. The molecule has 0 spiro atoms. The van der Waals surface area contributed by atoms with Crippen LogP contribution in [0.5, 0.6) is 0 Å². The summed E-state index contributed by atoms with van der Waals surface area (Å²) < 4.78 is 48.4. The molecule has 1 saturated carbocycles. The van der Waals surface area contributed by atoms with Gasteiger partial charge < -0.3 is 19.7 Å². The van der Waals surface area contributed by atoms with Gasteiger partial charge in [-0.15, -0.1) is 22.7 Å². The molecule has 0 unspecified atom stereocenters. The van der Waals surface area contributed by atoms with Crippen molar-refractivity contribution in [1.29, 1.82) is 0 Å². The molecule has 4 aromatic heterocycles. The van der Waals surface area contributed by atoms with E-state index in [0.717, 1.165) is 84.2 Å². The Labute approximate surface area is 288 Å². The molecule has 1 aliphatic heterocycles. The third kappa shape index (κ3) is 6.96. The van der Waals surface area contributed by atoms with Gasteiger partial charge in [0.2, 0.25) is 5.91 Å². The van der Waals surface area contributed by atoms with Crippen LogP contribution in [0.1, 0.15) is 64.0 Å². The standard InChI is InChI=1S/C35H36F3N5O4S2/c1-20-31(49-34(40-20)35(36,37)38)25-10-7-22-17-23(8-9-24(22)41-25)30-29(21-5-3-2-4-6-21)32-26(18-27(48-32)33(45)46)43(30)19-28(44)39-11-12-42-13-15-47-16-14-42/h7-10,17-18,21H,2-6,11-16,19H2,1H3,(H,39,44)(H,45,46). The number of fused-ring (bicyclic) bond motifs is 2. The van der Waals surface area contributed by atoms with E-state index in [1.165, 1.54) is 11.3 Å². The number of morpholine rings is 1. The number of carboxylic acids is 1. The number of hydrogen-bond donors (Lipinski definition) is 2. The van der Waals surface area contributed by atoms with Crippen LogP contribution in [0.2, 0.25) is 0 Å². The lowest BCUT2D eigenvalue weighted by atomic mass is 9.83. The lowest BCUT2D eigenvalue weighted by Crippen LogP contribution is -2.41. The number of carbonyl (C=O) groups excluding carboxylic acids is 1. The maximum atomic E-state index is 13.5. The number of amides is 1. The molecule has 2 fully saturated rings. The highest BCUT2D eigenvalue weighted by Gasteiger charge is 2.36. The molecule has 1 amide bonds. The molecule has 7 rings (SSSR count). The van der Waals surface area contributed by atoms with Crippen molar-refractivity contribution in [3.8, 4) is 21.8 Å². The topological polar surface area (TPSA) is 110 Å². The van der Waals surface area contributed by atoms with Crippen molar-refractivity contribution in [2.24, 2.45) is 0 Å². The van der Waals surface area contributed by atoms with Crippen molar-refractivity contribution in [1.82, 2.24) is 24.8 Å². The van der Waals surface area contributed by atoms with Gasteiger partial charge in [0.15, 0.2) is 5.01 Å². The van der Waals surface area contributed by atoms with Gasteiger partial charge in [-0.1, -0.05) is 31.4 Å². The number of halogens is 3. The van der Waals surface area contributed by atoms with Gasteiger partial charge in [-0.2, -0.15) is 13.2 Å². The molecule has 258 valence electrons. The van der Waals surface area contributed by atoms with E-state index in [1.54, 1.807) is 19.1 Å². The number of thiophene rings is 1. The lowest BCUT2D eigenvalue weighted by Gasteiger charge is -2.26. The summed E-state index contributed by atoms with van der Waals surface area (Å²) in [6.45, 7) is 5.80. The Bertz CT molecular complexity index is 2020. The number of ether oxygens (including phenoxy) is 1. The van der Waals surface area contributed by atoms with Gasteiger partial charge in [-0.05, 0) is 61.1 Å². The molecule has 49 heavy (non-hydrogen) atoms. The maximum absolute atomic E-state index is 13.5. The van der Waals surface area contributed by atoms with Crippen molar-refractivity contribution in [3.05, 3.63) is 57.5 Å². The summed E-state index contributed by atoms with van der Waals surface area (Å²) in [4.78, 5) is 36.9. The normalized spacial score (nSPS) is 16.5. The monoisotopic (exact) mass is 711 g/mol. The quantitative estimate of drug-likeness (QED) is 0.162. The minimum atomic E-state index is -4.52. The van der Waals surface area contributed by atoms with E-state index in [2.05, 4.69) is 15.2 Å². The molecule has 2 aliphatic rings. The van der Waals surface area contributed by atoms with Gasteiger partial charge in [0.25, 0.3) is 0 Å². The van der Waals surface area contributed by atoms with Crippen molar-refractivity contribution < 1.29 is 32.6 Å². The second-order valence-corrected chi connectivity index (χ2v) is 14.7. The molecule has 0 atom stereocenters. The van der Waals surface area contributed by atoms with E-state index < -0.39 is 17.2 Å². The van der Waals surface area contributed by atoms with Crippen LogP contribution in [0.4, 0.5) is 13.2 Å². The fraction of sp³-hybridized carbons (Fsp3) is 0.429. The van der Waals surface area contributed by atoms with Crippen LogP contribution >= 0.6 is 22.7 Å². The molecule has 0 radical (unpaired) electrons. The van der Waals surface area contributed by atoms with E-state index in [0.29, 0.717) is 47.2 Å². The molecule has 0 bridgehead atoms. The zero-order valence-corrected chi connectivity index (χ0v) is 28.6. The SMILES string of the molecule is Cc1nc(C(F)(F)F)sc1-c1ccc2cc(-c3c(C4CCCCC4)c4sc(C(=O)O)cc4n3CC(=O)NCCN3CCOCC3)ccc2n1. The van der Waals surface area contributed by atoms with Crippen LogP contribution in [0.15, 0.2) is 36.4 Å². The first-order chi connectivity index (χ1) is 23.6. The molecule has 9 nitrogen and oxygen atoms in total. The average Bonchev–Trinajstić information content (AvgIpc) is 3.78. The van der Waals surface area contributed by atoms with E-state index >= 15 is 0 Å². The highest BCUT2D eigenvalue weighted by Crippen LogP contribution is 2.47. The molecule has 14 heteroatoms. The second-order valence-electron chi connectivity index (χ2n) is 12.7. The average molecular weight is 712 g/mol. The van der Waals surface area contributed by atoms with Crippen LogP contribution in [0, 0.1) is 6.92 Å². The molecule has 5 aromatic rings. The van der Waals surface area contributed by atoms with Gasteiger partial charge in [-0.3, -0.25) is 9.69 Å². The summed E-state index contributed by atoms with van der Waals surface area (Å²) >= 11 is 1.84. The predicted octanol–water partition coefficient (Wildman–Crippen LogP) is 7.56. The smallest absolute Gasteiger partial charge is 0.443 e. The first-order valence-corrected chi connectivity index (χ1v) is 18.1. The molecule has 1 aromatic carbocycles.